The summed E-state index contributed by atoms with van der Waals surface area (Å²) in [4.78, 5) is 55.6. The van der Waals surface area contributed by atoms with Crippen LogP contribution in [0.15, 0.2) is 42.7 Å². The van der Waals surface area contributed by atoms with Crippen LogP contribution in [-0.4, -0.2) is 141 Å². The van der Waals surface area contributed by atoms with E-state index in [1.165, 1.54) is 18.3 Å². The quantitative estimate of drug-likeness (QED) is 0.173. The van der Waals surface area contributed by atoms with Crippen molar-refractivity contribution in [3.8, 4) is 23.0 Å². The van der Waals surface area contributed by atoms with Gasteiger partial charge in [-0.25, -0.2) is 0 Å². The van der Waals surface area contributed by atoms with Crippen molar-refractivity contribution >= 4 is 67.2 Å². The number of nitrogens with one attached hydrogen (secondary N) is 1. The van der Waals surface area contributed by atoms with Crippen molar-refractivity contribution in [2.75, 3.05) is 44.6 Å². The molecule has 0 aliphatic heterocycles. The molecule has 0 aliphatic carbocycles. The van der Waals surface area contributed by atoms with Crippen molar-refractivity contribution in [1.82, 2.24) is 40.2 Å². The van der Waals surface area contributed by atoms with E-state index in [2.05, 4.69) is 35.7 Å². The number of carbonyl (C=O) groups excluding carboxylic acids is 4. The van der Waals surface area contributed by atoms with Gasteiger partial charge >= 0.3 is 67.3 Å². The van der Waals surface area contributed by atoms with Crippen molar-refractivity contribution in [2.45, 2.75) is 0 Å². The molecule has 0 bridgehead atoms. The molecule has 0 saturated carbocycles. The Hall–Kier alpha value is -2.70. The maximum Gasteiger partial charge on any atom is 2.00 e. The third kappa shape index (κ3) is 12.2. The fourth-order valence-electron chi connectivity index (χ4n) is 3.19. The fourth-order valence-corrected chi connectivity index (χ4v) is 3.19. The first-order valence-electron chi connectivity index (χ1n) is 11.0. The number of nitrogens with zero attached hydrogens (tertiary/aromatic N) is 8. The Morgan fingerprint density at radius 2 is 1.20 bits per heavy atom. The Bertz CT molecular complexity index is 1260. The summed E-state index contributed by atoms with van der Waals surface area (Å²) in [5, 5.41) is 51.2. The van der Waals surface area contributed by atoms with E-state index in [9.17, 15) is 34.5 Å². The van der Waals surface area contributed by atoms with Crippen molar-refractivity contribution in [2.24, 2.45) is 0 Å². The number of carboxylic acids is 3. The average molecular weight is 586 g/mol. The van der Waals surface area contributed by atoms with Crippen LogP contribution in [-0.2, 0) is 19.2 Å². The third-order valence-electron chi connectivity index (χ3n) is 4.81. The Morgan fingerprint density at radius 1 is 0.700 bits per heavy atom. The summed E-state index contributed by atoms with van der Waals surface area (Å²) >= 11 is 0. The standard InChI is InChI=1S/C22H23N9O7.Ca.Na/c32-17(10-30(11-18(33)34)7-8-31(12-19(35)36)13-20(37)38)25-14-4-5-16(24-9-14)22-28-26-21(27-29-22)15-3-1-2-6-23-15;;/h1-6,9H,7-8,10-13H2,(H,25,32)(H,33,34)(H,35,36)(H,37,38);;/q;+2;+1/p-3. The number of carboxylic acid groups (broad SMARTS) is 3. The molecule has 0 atom stereocenters. The van der Waals surface area contributed by atoms with E-state index in [1.54, 1.807) is 24.4 Å². The molecule has 0 unspecified atom stereocenters. The maximum absolute atomic E-state index is 12.5. The molecular formula is C22H20CaN9NaO7. The van der Waals surface area contributed by atoms with Crippen LogP contribution in [0.3, 0.4) is 0 Å². The van der Waals surface area contributed by atoms with E-state index >= 15 is 0 Å². The number of hydrogen-bond acceptors (Lipinski definition) is 15. The van der Waals surface area contributed by atoms with Crippen molar-refractivity contribution in [3.05, 3.63) is 42.7 Å². The summed E-state index contributed by atoms with van der Waals surface area (Å²) in [5.41, 5.74) is 1.12. The van der Waals surface area contributed by atoms with E-state index in [0.717, 1.165) is 9.80 Å². The van der Waals surface area contributed by atoms with Crippen LogP contribution in [0.25, 0.3) is 23.0 Å². The minimum absolute atomic E-state index is 0. The van der Waals surface area contributed by atoms with Crippen LogP contribution in [0.4, 0.5) is 5.69 Å². The molecule has 18 heteroatoms. The molecule has 3 heterocycles. The fraction of sp³-hybridized carbons (Fsp3) is 0.273. The van der Waals surface area contributed by atoms with Gasteiger partial charge in [0.15, 0.2) is 0 Å². The van der Waals surface area contributed by atoms with Gasteiger partial charge in [0, 0.05) is 38.9 Å². The van der Waals surface area contributed by atoms with Gasteiger partial charge in [0.25, 0.3) is 0 Å². The van der Waals surface area contributed by atoms with Gasteiger partial charge in [0.1, 0.15) is 11.4 Å². The molecule has 3 aromatic heterocycles. The first-order valence-corrected chi connectivity index (χ1v) is 11.0. The second kappa shape index (κ2) is 17.9. The number of aliphatic carboxylic acids is 3. The van der Waals surface area contributed by atoms with Gasteiger partial charge in [-0.05, 0) is 24.3 Å². The van der Waals surface area contributed by atoms with Crippen molar-refractivity contribution in [3.63, 3.8) is 0 Å². The number of hydrogen-bond donors (Lipinski definition) is 1. The normalized spacial score (nSPS) is 10.3. The third-order valence-corrected chi connectivity index (χ3v) is 4.81. The van der Waals surface area contributed by atoms with Gasteiger partial charge in [-0.1, -0.05) is 6.07 Å². The van der Waals surface area contributed by atoms with Crippen LogP contribution in [0.5, 0.6) is 0 Å². The van der Waals surface area contributed by atoms with Gasteiger partial charge in [0.05, 0.1) is 36.3 Å². The molecular weight excluding hydrogens is 565 g/mol. The Morgan fingerprint density at radius 3 is 1.62 bits per heavy atom. The molecule has 0 aromatic carbocycles. The SMILES string of the molecule is O=C([O-])CN(CCN(CC(=O)[O-])CC(=O)Nc1ccc(-c2nnc(-c3ccccn3)nn2)nc1)CC(=O)[O-].[Ca+2].[Na+]. The van der Waals surface area contributed by atoms with Crippen molar-refractivity contribution < 1.29 is 64.1 Å². The first-order chi connectivity index (χ1) is 18.2. The summed E-state index contributed by atoms with van der Waals surface area (Å²) in [5.74, 6) is -4.75. The first kappa shape index (κ1) is 35.3. The summed E-state index contributed by atoms with van der Waals surface area (Å²) in [6, 6.07) is 8.26. The van der Waals surface area contributed by atoms with Crippen LogP contribution in [0.1, 0.15) is 0 Å². The largest absolute Gasteiger partial charge is 2.00 e. The van der Waals surface area contributed by atoms with E-state index in [0.29, 0.717) is 11.4 Å². The summed E-state index contributed by atoms with van der Waals surface area (Å²) < 4.78 is 0. The zero-order valence-electron chi connectivity index (χ0n) is 21.4. The molecule has 40 heavy (non-hydrogen) atoms. The van der Waals surface area contributed by atoms with Crippen LogP contribution in [0.2, 0.25) is 0 Å². The summed E-state index contributed by atoms with van der Waals surface area (Å²) in [6.07, 6.45) is 2.91. The second-order valence-corrected chi connectivity index (χ2v) is 7.78. The Kier molecular flexibility index (Phi) is 15.8. The monoisotopic (exact) mass is 585 g/mol. The molecule has 1 amide bonds. The van der Waals surface area contributed by atoms with E-state index in [1.807, 2.05) is 0 Å². The molecule has 198 valence electrons. The molecule has 3 aromatic rings. The van der Waals surface area contributed by atoms with Gasteiger partial charge in [-0.2, -0.15) is 0 Å². The molecule has 0 saturated heterocycles. The molecule has 0 spiro atoms. The zero-order chi connectivity index (χ0) is 27.5. The van der Waals surface area contributed by atoms with Crippen LogP contribution < -0.4 is 50.2 Å². The predicted molar refractivity (Wildman–Crippen MR) is 126 cm³/mol. The average Bonchev–Trinajstić information content (AvgIpc) is 2.87. The predicted octanol–water partition coefficient (Wildman–Crippen LogP) is -8.19. The van der Waals surface area contributed by atoms with Gasteiger partial charge in [0.2, 0.25) is 17.6 Å². The number of rotatable bonds is 14. The van der Waals surface area contributed by atoms with Crippen LogP contribution in [0, 0.1) is 0 Å². The number of pyridine rings is 2. The summed E-state index contributed by atoms with van der Waals surface area (Å²) in [7, 11) is 0. The van der Waals surface area contributed by atoms with Gasteiger partial charge < -0.3 is 35.0 Å². The minimum atomic E-state index is -1.52. The van der Waals surface area contributed by atoms with Gasteiger partial charge in [-0.3, -0.25) is 24.6 Å². The smallest absolute Gasteiger partial charge is 0.549 e. The van der Waals surface area contributed by atoms with E-state index in [-0.39, 0.29) is 97.7 Å². The molecule has 0 aliphatic rings. The van der Waals surface area contributed by atoms with E-state index in [4.69, 9.17) is 0 Å². The Balaban J connectivity index is 0.00000400. The zero-order valence-corrected chi connectivity index (χ0v) is 25.6. The maximum atomic E-state index is 12.5. The van der Waals surface area contributed by atoms with E-state index < -0.39 is 50.0 Å². The number of anilines is 1. The van der Waals surface area contributed by atoms with Gasteiger partial charge in [-0.15, -0.1) is 20.4 Å². The second-order valence-electron chi connectivity index (χ2n) is 7.78. The number of aromatic nitrogens is 6. The summed E-state index contributed by atoms with van der Waals surface area (Å²) in [6.45, 7) is -2.81. The van der Waals surface area contributed by atoms with Crippen LogP contribution >= 0.6 is 0 Å². The Labute approximate surface area is 279 Å². The number of amides is 1. The molecule has 16 nitrogen and oxygen atoms in total. The number of carbonyl (C=O) groups is 4. The minimum Gasteiger partial charge on any atom is -0.549 e. The topological polar surface area (TPSA) is 233 Å². The molecule has 0 fully saturated rings. The molecule has 1 N–H and O–H groups in total. The molecule has 0 radical (unpaired) electrons. The van der Waals surface area contributed by atoms with Crippen molar-refractivity contribution in [1.29, 1.82) is 0 Å². The molecule has 3 rings (SSSR count).